The molecule has 6 rings (SSSR count). The third-order valence-electron chi connectivity index (χ3n) is 9.79. The quantitative estimate of drug-likeness (QED) is 0.289. The van der Waals surface area contributed by atoms with Crippen molar-refractivity contribution in [1.82, 2.24) is 25.6 Å². The first-order chi connectivity index (χ1) is 22.1. The molecule has 4 aliphatic heterocycles. The van der Waals surface area contributed by atoms with Gasteiger partial charge in [0.05, 0.1) is 35.0 Å². The van der Waals surface area contributed by atoms with E-state index in [0.29, 0.717) is 42.1 Å². The number of ether oxygens (including phenoxy) is 2. The fourth-order valence-corrected chi connectivity index (χ4v) is 8.93. The molecule has 5 heterocycles. The van der Waals surface area contributed by atoms with E-state index >= 15 is 0 Å². The van der Waals surface area contributed by atoms with Crippen LogP contribution in [0.5, 0.6) is 0 Å². The van der Waals surface area contributed by atoms with Crippen LogP contribution < -0.4 is 10.6 Å². The number of benzene rings is 1. The number of amides is 1. The van der Waals surface area contributed by atoms with Gasteiger partial charge in [-0.05, 0) is 67.6 Å². The van der Waals surface area contributed by atoms with Gasteiger partial charge >= 0.3 is 0 Å². The molecular formula is C33H46ClN5O6S. The van der Waals surface area contributed by atoms with Gasteiger partial charge in [0.25, 0.3) is 0 Å². The van der Waals surface area contributed by atoms with Gasteiger partial charge in [-0.25, -0.2) is 4.68 Å². The second-order valence-corrected chi connectivity index (χ2v) is 15.4. The highest BCUT2D eigenvalue weighted by Crippen LogP contribution is 2.42. The highest BCUT2D eigenvalue weighted by molar-refractivity contribution is 8.00. The van der Waals surface area contributed by atoms with E-state index in [1.807, 2.05) is 37.4 Å². The fraction of sp³-hybridized carbons (Fsp3) is 0.667. The maximum Gasteiger partial charge on any atom is 0.240 e. The van der Waals surface area contributed by atoms with E-state index in [9.17, 15) is 20.1 Å². The van der Waals surface area contributed by atoms with E-state index in [1.54, 1.807) is 16.8 Å². The van der Waals surface area contributed by atoms with Gasteiger partial charge in [0.15, 0.2) is 0 Å². The molecule has 2 bridgehead atoms. The van der Waals surface area contributed by atoms with Gasteiger partial charge in [-0.15, -0.1) is 16.9 Å². The van der Waals surface area contributed by atoms with Crippen molar-refractivity contribution in [3.63, 3.8) is 0 Å². The molecule has 2 aromatic rings. The predicted octanol–water partition coefficient (Wildman–Crippen LogP) is 3.01. The Bertz CT molecular complexity index is 1380. The second-order valence-electron chi connectivity index (χ2n) is 13.7. The molecule has 0 aliphatic carbocycles. The van der Waals surface area contributed by atoms with E-state index in [-0.39, 0.29) is 29.1 Å². The van der Waals surface area contributed by atoms with Crippen molar-refractivity contribution in [2.24, 2.45) is 23.7 Å². The predicted molar refractivity (Wildman–Crippen MR) is 175 cm³/mol. The Balaban J connectivity index is 1.20. The molecule has 1 aromatic heterocycles. The van der Waals surface area contributed by atoms with E-state index in [2.05, 4.69) is 34.8 Å². The molecule has 0 unspecified atom stereocenters. The van der Waals surface area contributed by atoms with Crippen LogP contribution in [0.2, 0.25) is 5.02 Å². The van der Waals surface area contributed by atoms with Crippen molar-refractivity contribution in [1.29, 1.82) is 0 Å². The minimum atomic E-state index is -1.47. The zero-order chi connectivity index (χ0) is 32.5. The third-order valence-corrected chi connectivity index (χ3v) is 11.4. The maximum atomic E-state index is 13.9. The smallest absolute Gasteiger partial charge is 0.240 e. The third kappa shape index (κ3) is 7.34. The first-order valence-corrected chi connectivity index (χ1v) is 17.8. The number of hydrogen-bond donors (Lipinski definition) is 5. The Morgan fingerprint density at radius 3 is 2.83 bits per heavy atom. The molecular weight excluding hydrogens is 630 g/mol. The molecule has 11 nitrogen and oxygen atoms in total. The van der Waals surface area contributed by atoms with Crippen LogP contribution in [0.4, 0.5) is 0 Å². The minimum absolute atomic E-state index is 0.215. The van der Waals surface area contributed by atoms with Gasteiger partial charge in [0.1, 0.15) is 35.9 Å². The number of nitrogens with zero attached hydrogens (tertiary/aromatic N) is 3. The van der Waals surface area contributed by atoms with Crippen molar-refractivity contribution in [3.8, 4) is 5.69 Å². The summed E-state index contributed by atoms with van der Waals surface area (Å²) in [4.78, 5) is 13.9. The number of fused-ring (bicyclic) bond motifs is 3. The summed E-state index contributed by atoms with van der Waals surface area (Å²) in [7, 11) is 0. The average Bonchev–Trinajstić information content (AvgIpc) is 3.62. The number of carbonyl (C=O) groups is 1. The van der Waals surface area contributed by atoms with E-state index < -0.39 is 41.9 Å². The summed E-state index contributed by atoms with van der Waals surface area (Å²) in [6.45, 7) is 7.79. The molecule has 3 fully saturated rings. The average molecular weight is 676 g/mol. The van der Waals surface area contributed by atoms with Crippen LogP contribution in [0.15, 0.2) is 42.6 Å². The molecule has 46 heavy (non-hydrogen) atoms. The Labute approximate surface area is 279 Å². The summed E-state index contributed by atoms with van der Waals surface area (Å²) >= 11 is 7.48. The molecule has 252 valence electrons. The SMILES string of the molecule is CC(C)C[C@@H]1CCO[C@@H]2[C@H](CN[C@@H]2C(=O)N[C@H]2[C@H]3O[C@H](S[C@H](c4cn(-c5cccc(Cl)c5)nn4)C/C=C\[C@H]2C)[C@H](O)[C@@H](O)[C@H]3O)C1. The number of nitrogens with one attached hydrogen (secondary N) is 2. The summed E-state index contributed by atoms with van der Waals surface area (Å²) in [6, 6.07) is 6.11. The Hall–Kier alpha value is -2.03. The molecule has 3 saturated heterocycles. The van der Waals surface area contributed by atoms with Crippen molar-refractivity contribution in [2.45, 2.75) is 99.7 Å². The number of thioether (sulfide) groups is 1. The molecule has 4 aliphatic rings. The monoisotopic (exact) mass is 675 g/mol. The molecule has 0 spiro atoms. The number of allylic oxidation sites excluding steroid dienone is 1. The summed E-state index contributed by atoms with van der Waals surface area (Å²) in [5.74, 6) is 0.980. The van der Waals surface area contributed by atoms with Crippen molar-refractivity contribution < 1.29 is 29.6 Å². The standard InChI is InChI=1S/C33H46ClN5O6S/c1-17(2)12-19-10-11-44-30-20(13-19)15-35-26(30)32(43)36-25-18(3)6-4-9-24(46-33-29(42)27(40)28(41)31(25)45-33)23-16-39(38-37-23)22-8-5-7-21(34)14-22/h4-8,14,16-20,24-31,33,35,40-42H,9-13,15H2,1-3H3,(H,36,43)/b6-4-/t18-,19+,20+,24+,25-,26+,27+,28-,29-,30-,31-,33-/m1/s1. The number of aromatic nitrogens is 3. The van der Waals surface area contributed by atoms with Crippen molar-refractivity contribution in [2.75, 3.05) is 13.2 Å². The van der Waals surface area contributed by atoms with E-state index in [1.165, 1.54) is 11.8 Å². The summed E-state index contributed by atoms with van der Waals surface area (Å²) in [6.07, 6.45) is 4.14. The Morgan fingerprint density at radius 2 is 2.04 bits per heavy atom. The lowest BCUT2D eigenvalue weighted by Crippen LogP contribution is -2.65. The van der Waals surface area contributed by atoms with Gasteiger partial charge in [0, 0.05) is 18.2 Å². The van der Waals surface area contributed by atoms with Gasteiger partial charge in [0.2, 0.25) is 5.91 Å². The molecule has 5 N–H and O–H groups in total. The van der Waals surface area contributed by atoms with Crippen LogP contribution in [0, 0.1) is 23.7 Å². The first-order valence-electron chi connectivity index (χ1n) is 16.4. The molecule has 13 heteroatoms. The van der Waals surface area contributed by atoms with E-state index in [4.69, 9.17) is 21.1 Å². The molecule has 0 radical (unpaired) electrons. The maximum absolute atomic E-state index is 13.9. The van der Waals surface area contributed by atoms with Crippen LogP contribution >= 0.6 is 23.4 Å². The normalized spacial score (nSPS) is 39.0. The van der Waals surface area contributed by atoms with Gasteiger partial charge in [-0.2, -0.15) is 0 Å². The number of rotatable bonds is 6. The lowest BCUT2D eigenvalue weighted by molar-refractivity contribution is -0.207. The largest absolute Gasteiger partial charge is 0.388 e. The fourth-order valence-electron chi connectivity index (χ4n) is 7.44. The van der Waals surface area contributed by atoms with E-state index in [0.717, 1.165) is 24.9 Å². The van der Waals surface area contributed by atoms with Gasteiger partial charge < -0.3 is 35.4 Å². The Kier molecular flexibility index (Phi) is 10.8. The lowest BCUT2D eigenvalue weighted by atomic mass is 9.85. The number of aliphatic hydroxyl groups is 3. The zero-order valence-electron chi connectivity index (χ0n) is 26.5. The van der Waals surface area contributed by atoms with Crippen LogP contribution in [0.1, 0.15) is 57.4 Å². The van der Waals surface area contributed by atoms with Gasteiger partial charge in [-0.3, -0.25) is 4.79 Å². The summed E-state index contributed by atoms with van der Waals surface area (Å²) in [5, 5.41) is 48.7. The van der Waals surface area contributed by atoms with Gasteiger partial charge in [-0.1, -0.05) is 55.8 Å². The van der Waals surface area contributed by atoms with Crippen molar-refractivity contribution >= 4 is 29.3 Å². The number of aliphatic hydroxyl groups excluding tert-OH is 3. The lowest BCUT2D eigenvalue weighted by Gasteiger charge is -2.45. The van der Waals surface area contributed by atoms with Crippen molar-refractivity contribution in [3.05, 3.63) is 53.3 Å². The zero-order valence-corrected chi connectivity index (χ0v) is 28.1. The highest BCUT2D eigenvalue weighted by atomic mass is 35.5. The molecule has 0 saturated carbocycles. The summed E-state index contributed by atoms with van der Waals surface area (Å²) < 4.78 is 14.3. The molecule has 12 atom stereocenters. The topological polar surface area (TPSA) is 151 Å². The number of halogens is 1. The van der Waals surface area contributed by atoms with Crippen LogP contribution in [0.3, 0.4) is 0 Å². The molecule has 1 amide bonds. The Morgan fingerprint density at radius 1 is 1.22 bits per heavy atom. The minimum Gasteiger partial charge on any atom is -0.388 e. The summed E-state index contributed by atoms with van der Waals surface area (Å²) in [5.41, 5.74) is 0.542. The number of hydrogen-bond acceptors (Lipinski definition) is 10. The highest BCUT2D eigenvalue weighted by Gasteiger charge is 2.50. The van der Waals surface area contributed by atoms with Crippen LogP contribution in [-0.2, 0) is 14.3 Å². The number of carbonyl (C=O) groups excluding carboxylic acids is 1. The second kappa shape index (κ2) is 14.6. The van der Waals surface area contributed by atoms with Crippen LogP contribution in [-0.4, -0.2) is 97.4 Å². The molecule has 1 aromatic carbocycles. The van der Waals surface area contributed by atoms with Crippen LogP contribution in [0.25, 0.3) is 5.69 Å². The first kappa shape index (κ1) is 33.9.